The van der Waals surface area contributed by atoms with Gasteiger partial charge in [0.2, 0.25) is 0 Å². The largest absolute Gasteiger partial charge is 0.295 e. The Hall–Kier alpha value is -1.33. The van der Waals surface area contributed by atoms with E-state index < -0.39 is 0 Å². The molecule has 2 rings (SSSR count). The van der Waals surface area contributed by atoms with Crippen molar-refractivity contribution in [2.24, 2.45) is 0 Å². The molecule has 1 aromatic carbocycles. The summed E-state index contributed by atoms with van der Waals surface area (Å²) in [5.74, 6) is 0. The van der Waals surface area contributed by atoms with Gasteiger partial charge in [0.25, 0.3) is 0 Å². The van der Waals surface area contributed by atoms with E-state index in [1.807, 2.05) is 0 Å². The van der Waals surface area contributed by atoms with Crippen molar-refractivity contribution >= 4 is 0 Å². The molecule has 1 aliphatic rings. The topological polar surface area (TPSA) is 35.8 Å². The van der Waals surface area contributed by atoms with Crippen LogP contribution in [0.1, 0.15) is 36.4 Å². The second kappa shape index (κ2) is 4.46. The van der Waals surface area contributed by atoms with Gasteiger partial charge in [0.15, 0.2) is 0 Å². The van der Waals surface area contributed by atoms with Crippen LogP contribution < -0.4 is 5.32 Å². The molecule has 78 valence electrons. The molecule has 1 N–H and O–H groups in total. The number of hydrogen-bond donors (Lipinski definition) is 1. The first kappa shape index (κ1) is 10.2. The SMILES string of the molecule is Cc1cccc(C2CCCC(C#N)N2)c1. The fraction of sp³-hybridized carbons (Fsp3) is 0.462. The molecule has 0 aromatic heterocycles. The minimum atomic E-state index is 0.0317. The molecule has 0 aliphatic carbocycles. The van der Waals surface area contributed by atoms with Crippen LogP contribution in [-0.2, 0) is 0 Å². The maximum absolute atomic E-state index is 8.90. The molecule has 1 saturated heterocycles. The minimum absolute atomic E-state index is 0.0317. The lowest BCUT2D eigenvalue weighted by Gasteiger charge is -2.27. The molecular formula is C13H16N2. The number of nitrogens with zero attached hydrogens (tertiary/aromatic N) is 1. The third-order valence-corrected chi connectivity index (χ3v) is 2.99. The number of nitrogens with one attached hydrogen (secondary N) is 1. The first-order valence-electron chi connectivity index (χ1n) is 5.52. The molecule has 1 aromatic rings. The average molecular weight is 200 g/mol. The van der Waals surface area contributed by atoms with E-state index in [2.05, 4.69) is 42.6 Å². The third kappa shape index (κ3) is 2.37. The van der Waals surface area contributed by atoms with E-state index in [1.54, 1.807) is 0 Å². The van der Waals surface area contributed by atoms with Crippen LogP contribution in [-0.4, -0.2) is 6.04 Å². The first-order chi connectivity index (χ1) is 7.29. The molecule has 0 saturated carbocycles. The highest BCUT2D eigenvalue weighted by atomic mass is 15.0. The van der Waals surface area contributed by atoms with Gasteiger partial charge in [-0.1, -0.05) is 29.8 Å². The van der Waals surface area contributed by atoms with Crippen LogP contribution in [0.15, 0.2) is 24.3 Å². The zero-order valence-corrected chi connectivity index (χ0v) is 9.03. The smallest absolute Gasteiger partial charge is 0.0957 e. The maximum Gasteiger partial charge on any atom is 0.0957 e. The fourth-order valence-corrected chi connectivity index (χ4v) is 2.19. The van der Waals surface area contributed by atoms with Gasteiger partial charge >= 0.3 is 0 Å². The summed E-state index contributed by atoms with van der Waals surface area (Å²) in [6.07, 6.45) is 3.27. The summed E-state index contributed by atoms with van der Waals surface area (Å²) in [6, 6.07) is 11.2. The second-order valence-corrected chi connectivity index (χ2v) is 4.25. The summed E-state index contributed by atoms with van der Waals surface area (Å²) in [4.78, 5) is 0. The van der Waals surface area contributed by atoms with Gasteiger partial charge < -0.3 is 0 Å². The first-order valence-corrected chi connectivity index (χ1v) is 5.52. The zero-order chi connectivity index (χ0) is 10.7. The Morgan fingerprint density at radius 1 is 1.40 bits per heavy atom. The van der Waals surface area contributed by atoms with Crippen LogP contribution in [0.5, 0.6) is 0 Å². The third-order valence-electron chi connectivity index (χ3n) is 2.99. The van der Waals surface area contributed by atoms with Crippen LogP contribution in [0.2, 0.25) is 0 Å². The Kier molecular flexibility index (Phi) is 3.03. The highest BCUT2D eigenvalue weighted by Gasteiger charge is 2.21. The Morgan fingerprint density at radius 2 is 2.27 bits per heavy atom. The molecule has 2 nitrogen and oxygen atoms in total. The summed E-state index contributed by atoms with van der Waals surface area (Å²) in [6.45, 7) is 2.11. The van der Waals surface area contributed by atoms with E-state index in [4.69, 9.17) is 5.26 Å². The van der Waals surface area contributed by atoms with Crippen LogP contribution >= 0.6 is 0 Å². The molecule has 15 heavy (non-hydrogen) atoms. The number of aryl methyl sites for hydroxylation is 1. The summed E-state index contributed by atoms with van der Waals surface area (Å²) in [5.41, 5.74) is 2.60. The number of rotatable bonds is 1. The van der Waals surface area contributed by atoms with Crippen LogP contribution in [0, 0.1) is 18.3 Å². The van der Waals surface area contributed by atoms with Crippen LogP contribution in [0.3, 0.4) is 0 Å². The lowest BCUT2D eigenvalue weighted by Crippen LogP contribution is -2.35. The maximum atomic E-state index is 8.90. The Bertz CT molecular complexity index is 378. The molecule has 2 unspecified atom stereocenters. The molecular weight excluding hydrogens is 184 g/mol. The van der Waals surface area contributed by atoms with Gasteiger partial charge in [0.05, 0.1) is 12.1 Å². The molecule has 1 aliphatic heterocycles. The van der Waals surface area contributed by atoms with Crippen molar-refractivity contribution in [1.82, 2.24) is 5.32 Å². The van der Waals surface area contributed by atoms with Gasteiger partial charge in [0, 0.05) is 6.04 Å². The number of piperidine rings is 1. The molecule has 0 amide bonds. The molecule has 2 heteroatoms. The van der Waals surface area contributed by atoms with E-state index in [0.29, 0.717) is 6.04 Å². The van der Waals surface area contributed by atoms with Gasteiger partial charge in [-0.15, -0.1) is 0 Å². The predicted octanol–water partition coefficient (Wildman–Crippen LogP) is 2.70. The molecule has 0 spiro atoms. The van der Waals surface area contributed by atoms with Crippen molar-refractivity contribution in [3.05, 3.63) is 35.4 Å². The molecule has 1 fully saturated rings. The number of hydrogen-bond acceptors (Lipinski definition) is 2. The lowest BCUT2D eigenvalue weighted by atomic mass is 9.93. The van der Waals surface area contributed by atoms with Gasteiger partial charge in [-0.05, 0) is 31.7 Å². The van der Waals surface area contributed by atoms with Gasteiger partial charge in [-0.2, -0.15) is 5.26 Å². The van der Waals surface area contributed by atoms with Crippen molar-refractivity contribution in [2.75, 3.05) is 0 Å². The summed E-state index contributed by atoms with van der Waals surface area (Å²) < 4.78 is 0. The Morgan fingerprint density at radius 3 is 3.00 bits per heavy atom. The fourth-order valence-electron chi connectivity index (χ4n) is 2.19. The van der Waals surface area contributed by atoms with E-state index >= 15 is 0 Å². The summed E-state index contributed by atoms with van der Waals surface area (Å²) >= 11 is 0. The van der Waals surface area contributed by atoms with Crippen molar-refractivity contribution < 1.29 is 0 Å². The molecule has 0 radical (unpaired) electrons. The van der Waals surface area contributed by atoms with Gasteiger partial charge in [-0.3, -0.25) is 5.32 Å². The minimum Gasteiger partial charge on any atom is -0.295 e. The zero-order valence-electron chi connectivity index (χ0n) is 9.03. The normalized spacial score (nSPS) is 25.9. The van der Waals surface area contributed by atoms with Crippen LogP contribution in [0.25, 0.3) is 0 Å². The lowest BCUT2D eigenvalue weighted by molar-refractivity contribution is 0.368. The molecule has 2 atom stereocenters. The van der Waals surface area contributed by atoms with Crippen molar-refractivity contribution in [3.63, 3.8) is 0 Å². The molecule has 0 bridgehead atoms. The van der Waals surface area contributed by atoms with Crippen LogP contribution in [0.4, 0.5) is 0 Å². The van der Waals surface area contributed by atoms with E-state index in [-0.39, 0.29) is 6.04 Å². The number of benzene rings is 1. The second-order valence-electron chi connectivity index (χ2n) is 4.25. The van der Waals surface area contributed by atoms with Crippen molar-refractivity contribution in [3.8, 4) is 6.07 Å². The van der Waals surface area contributed by atoms with E-state index in [0.717, 1.165) is 19.3 Å². The van der Waals surface area contributed by atoms with Crippen molar-refractivity contribution in [2.45, 2.75) is 38.3 Å². The highest BCUT2D eigenvalue weighted by molar-refractivity contribution is 5.25. The van der Waals surface area contributed by atoms with Crippen molar-refractivity contribution in [1.29, 1.82) is 5.26 Å². The molecule has 1 heterocycles. The Balaban J connectivity index is 2.14. The van der Waals surface area contributed by atoms with Gasteiger partial charge in [0.1, 0.15) is 0 Å². The summed E-state index contributed by atoms with van der Waals surface area (Å²) in [5, 5.41) is 12.3. The monoisotopic (exact) mass is 200 g/mol. The predicted molar refractivity (Wildman–Crippen MR) is 60.3 cm³/mol. The highest BCUT2D eigenvalue weighted by Crippen LogP contribution is 2.25. The average Bonchev–Trinajstić information content (AvgIpc) is 2.29. The quantitative estimate of drug-likeness (QED) is 0.756. The number of nitriles is 1. The standard InChI is InChI=1S/C13H16N2/c1-10-4-2-5-11(8-10)13-7-3-6-12(9-14)15-13/h2,4-5,8,12-13,15H,3,6-7H2,1H3. The Labute approximate surface area is 90.9 Å². The van der Waals surface area contributed by atoms with Gasteiger partial charge in [-0.25, -0.2) is 0 Å². The van der Waals surface area contributed by atoms with E-state index in [9.17, 15) is 0 Å². The van der Waals surface area contributed by atoms with E-state index in [1.165, 1.54) is 11.1 Å². The summed E-state index contributed by atoms with van der Waals surface area (Å²) in [7, 11) is 0.